The zero-order valence-electron chi connectivity index (χ0n) is 17.7. The van der Waals surface area contributed by atoms with Crippen molar-refractivity contribution in [2.24, 2.45) is 0 Å². The van der Waals surface area contributed by atoms with Crippen molar-refractivity contribution in [2.75, 3.05) is 11.1 Å². The molecular formula is C23H21N7O2. The van der Waals surface area contributed by atoms with Crippen molar-refractivity contribution in [1.29, 1.82) is 0 Å². The van der Waals surface area contributed by atoms with Crippen LogP contribution < -0.4 is 16.6 Å². The summed E-state index contributed by atoms with van der Waals surface area (Å²) >= 11 is 0. The standard InChI is InChI=1S/C23H21N7O2/c1-4-14-6-5-7-17-18(14)23(31)30(15-8-9-15)21(27-17)12(2)26-20-19(16(24)10-11-25-20)22-29-28-13(3)32-22/h1,5-7,10-12,15H,8-9H2,2-3H3,(H3,24,25,26)/t12-/m0/s1. The Morgan fingerprint density at radius 1 is 1.31 bits per heavy atom. The maximum absolute atomic E-state index is 13.4. The molecule has 1 atom stereocenters. The van der Waals surface area contributed by atoms with Crippen LogP contribution in [0.3, 0.4) is 0 Å². The van der Waals surface area contributed by atoms with Crippen LogP contribution in [0.1, 0.15) is 49.1 Å². The van der Waals surface area contributed by atoms with Crippen LogP contribution in [0.15, 0.2) is 39.7 Å². The van der Waals surface area contributed by atoms with Crippen LogP contribution in [0, 0.1) is 19.3 Å². The van der Waals surface area contributed by atoms with Gasteiger partial charge in [-0.3, -0.25) is 9.36 Å². The van der Waals surface area contributed by atoms with E-state index in [4.69, 9.17) is 21.6 Å². The highest BCUT2D eigenvalue weighted by molar-refractivity contribution is 5.84. The number of nitrogens with zero attached hydrogens (tertiary/aromatic N) is 5. The minimum atomic E-state index is -0.362. The number of hydrogen-bond acceptors (Lipinski definition) is 8. The van der Waals surface area contributed by atoms with Gasteiger partial charge in [-0.25, -0.2) is 9.97 Å². The van der Waals surface area contributed by atoms with E-state index in [1.807, 2.05) is 13.0 Å². The number of aromatic nitrogens is 5. The quantitative estimate of drug-likeness (QED) is 0.465. The van der Waals surface area contributed by atoms with E-state index in [9.17, 15) is 4.79 Å². The van der Waals surface area contributed by atoms with Gasteiger partial charge in [0.2, 0.25) is 5.89 Å². The Labute approximate surface area is 183 Å². The molecule has 4 aromatic rings. The van der Waals surface area contributed by atoms with E-state index in [0.29, 0.717) is 45.3 Å². The first-order valence-corrected chi connectivity index (χ1v) is 10.3. The van der Waals surface area contributed by atoms with Crippen LogP contribution in [0.25, 0.3) is 22.4 Å². The molecule has 0 radical (unpaired) electrons. The summed E-state index contributed by atoms with van der Waals surface area (Å²) in [6.45, 7) is 3.63. The Bertz CT molecular complexity index is 1440. The van der Waals surface area contributed by atoms with E-state index in [1.54, 1.807) is 35.9 Å². The van der Waals surface area contributed by atoms with E-state index in [0.717, 1.165) is 12.8 Å². The normalized spacial score (nSPS) is 14.3. The largest absolute Gasteiger partial charge is 0.421 e. The number of aryl methyl sites for hydroxylation is 1. The molecule has 1 fully saturated rings. The third kappa shape index (κ3) is 3.26. The van der Waals surface area contributed by atoms with Crippen molar-refractivity contribution in [3.8, 4) is 23.8 Å². The van der Waals surface area contributed by atoms with Crippen molar-refractivity contribution in [3.63, 3.8) is 0 Å². The van der Waals surface area contributed by atoms with Gasteiger partial charge >= 0.3 is 0 Å². The lowest BCUT2D eigenvalue weighted by atomic mass is 10.1. The van der Waals surface area contributed by atoms with E-state index in [1.165, 1.54) is 0 Å². The molecule has 32 heavy (non-hydrogen) atoms. The molecule has 0 bridgehead atoms. The molecule has 0 amide bonds. The molecule has 1 aliphatic rings. The minimum absolute atomic E-state index is 0.108. The van der Waals surface area contributed by atoms with E-state index < -0.39 is 0 Å². The molecule has 9 nitrogen and oxygen atoms in total. The molecule has 0 aliphatic heterocycles. The number of nitrogen functional groups attached to an aromatic ring is 1. The highest BCUT2D eigenvalue weighted by Crippen LogP contribution is 2.37. The lowest BCUT2D eigenvalue weighted by Crippen LogP contribution is -2.28. The zero-order chi connectivity index (χ0) is 22.4. The number of benzene rings is 1. The van der Waals surface area contributed by atoms with Gasteiger partial charge in [0, 0.05) is 30.4 Å². The van der Waals surface area contributed by atoms with E-state index >= 15 is 0 Å². The monoisotopic (exact) mass is 427 g/mol. The van der Waals surface area contributed by atoms with E-state index in [-0.39, 0.29) is 23.5 Å². The molecule has 1 aromatic carbocycles. The molecule has 0 saturated heterocycles. The second-order valence-electron chi connectivity index (χ2n) is 7.84. The van der Waals surface area contributed by atoms with Crippen molar-refractivity contribution >= 4 is 22.4 Å². The lowest BCUT2D eigenvalue weighted by Gasteiger charge is -2.21. The number of nitrogens with one attached hydrogen (secondary N) is 1. The van der Waals surface area contributed by atoms with Crippen LogP contribution in [-0.2, 0) is 0 Å². The topological polar surface area (TPSA) is 125 Å². The van der Waals surface area contributed by atoms with Crippen LogP contribution >= 0.6 is 0 Å². The van der Waals surface area contributed by atoms with Gasteiger partial charge in [-0.15, -0.1) is 16.6 Å². The molecule has 5 rings (SSSR count). The van der Waals surface area contributed by atoms with Crippen LogP contribution in [0.2, 0.25) is 0 Å². The third-order valence-electron chi connectivity index (χ3n) is 5.49. The molecule has 3 heterocycles. The summed E-state index contributed by atoms with van der Waals surface area (Å²) in [5.41, 5.74) is 8.15. The number of hydrogen-bond donors (Lipinski definition) is 2. The van der Waals surface area contributed by atoms with Crippen molar-refractivity contribution in [3.05, 3.63) is 58.1 Å². The fraction of sp³-hybridized carbons (Fsp3) is 0.261. The molecule has 0 unspecified atom stereocenters. The van der Waals surface area contributed by atoms with Gasteiger partial charge in [0.25, 0.3) is 11.4 Å². The first-order chi connectivity index (χ1) is 15.5. The summed E-state index contributed by atoms with van der Waals surface area (Å²) in [5, 5.41) is 11.8. The number of rotatable bonds is 5. The number of terminal acetylenes is 1. The number of anilines is 2. The fourth-order valence-electron chi connectivity index (χ4n) is 3.85. The van der Waals surface area contributed by atoms with Gasteiger partial charge in [0.15, 0.2) is 0 Å². The van der Waals surface area contributed by atoms with Crippen molar-refractivity contribution < 1.29 is 4.42 Å². The Hall–Kier alpha value is -4.19. The third-order valence-corrected chi connectivity index (χ3v) is 5.49. The van der Waals surface area contributed by atoms with Crippen molar-refractivity contribution in [1.82, 2.24) is 24.7 Å². The Kier molecular flexibility index (Phi) is 4.63. The second-order valence-corrected chi connectivity index (χ2v) is 7.84. The summed E-state index contributed by atoms with van der Waals surface area (Å²) in [6.07, 6.45) is 9.08. The summed E-state index contributed by atoms with van der Waals surface area (Å²) in [4.78, 5) is 22.7. The first-order valence-electron chi connectivity index (χ1n) is 10.3. The fourth-order valence-corrected chi connectivity index (χ4v) is 3.85. The van der Waals surface area contributed by atoms with Gasteiger partial charge in [-0.05, 0) is 38.0 Å². The van der Waals surface area contributed by atoms with Gasteiger partial charge in [-0.1, -0.05) is 12.0 Å². The molecule has 3 N–H and O–H groups in total. The summed E-state index contributed by atoms with van der Waals surface area (Å²) in [7, 11) is 0. The summed E-state index contributed by atoms with van der Waals surface area (Å²) in [5.74, 6) is 4.37. The number of pyridine rings is 1. The van der Waals surface area contributed by atoms with Gasteiger partial charge in [0.05, 0.1) is 16.9 Å². The predicted octanol–water partition coefficient (Wildman–Crippen LogP) is 3.22. The van der Waals surface area contributed by atoms with Crippen LogP contribution in [0.4, 0.5) is 11.5 Å². The van der Waals surface area contributed by atoms with Gasteiger partial charge < -0.3 is 15.5 Å². The van der Waals surface area contributed by atoms with Crippen molar-refractivity contribution in [2.45, 2.75) is 38.8 Å². The Morgan fingerprint density at radius 2 is 2.12 bits per heavy atom. The lowest BCUT2D eigenvalue weighted by molar-refractivity contribution is 0.533. The Balaban J connectivity index is 1.62. The first kappa shape index (κ1) is 19.8. The molecule has 1 aliphatic carbocycles. The summed E-state index contributed by atoms with van der Waals surface area (Å²) in [6, 6.07) is 6.79. The van der Waals surface area contributed by atoms with Gasteiger partial charge in [-0.2, -0.15) is 0 Å². The molecular weight excluding hydrogens is 406 g/mol. The van der Waals surface area contributed by atoms with Gasteiger partial charge in [0.1, 0.15) is 17.2 Å². The maximum atomic E-state index is 13.4. The number of fused-ring (bicyclic) bond motifs is 1. The second kappa shape index (κ2) is 7.50. The molecule has 1 saturated carbocycles. The highest BCUT2D eigenvalue weighted by Gasteiger charge is 2.31. The summed E-state index contributed by atoms with van der Waals surface area (Å²) < 4.78 is 7.33. The molecule has 160 valence electrons. The smallest absolute Gasteiger partial charge is 0.262 e. The number of nitrogens with two attached hydrogens (primary N) is 1. The highest BCUT2D eigenvalue weighted by atomic mass is 16.4. The molecule has 0 spiro atoms. The Morgan fingerprint density at radius 3 is 2.81 bits per heavy atom. The molecule has 9 heteroatoms. The maximum Gasteiger partial charge on any atom is 0.262 e. The zero-order valence-corrected chi connectivity index (χ0v) is 17.7. The van der Waals surface area contributed by atoms with Crippen LogP contribution in [0.5, 0.6) is 0 Å². The molecule has 3 aromatic heterocycles. The average molecular weight is 427 g/mol. The predicted molar refractivity (Wildman–Crippen MR) is 121 cm³/mol. The minimum Gasteiger partial charge on any atom is -0.421 e. The SMILES string of the molecule is C#Cc1cccc2nc([C@H](C)Nc3nccc(N)c3-c3nnc(C)o3)n(C3CC3)c(=O)c12. The van der Waals surface area contributed by atoms with E-state index in [2.05, 4.69) is 26.4 Å². The average Bonchev–Trinajstić information content (AvgIpc) is 3.53. The van der Waals surface area contributed by atoms with Crippen LogP contribution in [-0.4, -0.2) is 24.7 Å².